The number of hydrogen-bond donors (Lipinski definition) is 2. The summed E-state index contributed by atoms with van der Waals surface area (Å²) in [4.78, 5) is 11.7. The number of anilines is 1. The van der Waals surface area contributed by atoms with Crippen molar-refractivity contribution in [2.45, 2.75) is 13.0 Å². The highest BCUT2D eigenvalue weighted by molar-refractivity contribution is 9.10. The Balaban J connectivity index is 2.34. The molecule has 1 amide bonds. The predicted molar refractivity (Wildman–Crippen MR) is 80.8 cm³/mol. The van der Waals surface area contributed by atoms with Gasteiger partial charge in [0.2, 0.25) is 5.91 Å². The molecule has 0 aliphatic rings. The number of amides is 1. The van der Waals surface area contributed by atoms with Crippen LogP contribution in [0.3, 0.4) is 0 Å². The van der Waals surface area contributed by atoms with Gasteiger partial charge >= 0.3 is 0 Å². The Bertz CT molecular complexity index is 646. The number of carbonyl (C=O) groups excluding carboxylic acids is 1. The van der Waals surface area contributed by atoms with E-state index in [2.05, 4.69) is 21.2 Å². The Hall–Kier alpha value is -1.88. The topological polar surface area (TPSA) is 55.1 Å². The van der Waals surface area contributed by atoms with Gasteiger partial charge in [0.05, 0.1) is 4.47 Å². The molecule has 0 aromatic heterocycles. The van der Waals surface area contributed by atoms with Crippen molar-refractivity contribution in [2.75, 3.05) is 5.32 Å². The average Bonchev–Trinajstić information content (AvgIpc) is 2.41. The third-order valence-electron chi connectivity index (χ3n) is 3.01. The van der Waals surface area contributed by atoms with Crippen LogP contribution in [-0.4, -0.2) is 5.91 Å². The Morgan fingerprint density at radius 3 is 2.60 bits per heavy atom. The highest BCUT2D eigenvalue weighted by Gasteiger charge is 2.19. The predicted octanol–water partition coefficient (Wildman–Crippen LogP) is 3.54. The third kappa shape index (κ3) is 3.17. The van der Waals surface area contributed by atoms with Gasteiger partial charge in [-0.3, -0.25) is 4.79 Å². The lowest BCUT2D eigenvalue weighted by molar-refractivity contribution is -0.118. The molecule has 3 N–H and O–H groups in total. The number of benzene rings is 2. The molecule has 0 saturated carbocycles. The Labute approximate surface area is 125 Å². The van der Waals surface area contributed by atoms with E-state index in [0.29, 0.717) is 10.0 Å². The molecule has 0 heterocycles. The van der Waals surface area contributed by atoms with Crippen molar-refractivity contribution in [1.29, 1.82) is 0 Å². The first-order valence-electron chi connectivity index (χ1n) is 6.05. The maximum atomic E-state index is 13.3. The van der Waals surface area contributed by atoms with Crippen molar-refractivity contribution in [1.82, 2.24) is 0 Å². The van der Waals surface area contributed by atoms with E-state index in [1.54, 1.807) is 12.1 Å². The van der Waals surface area contributed by atoms with E-state index in [4.69, 9.17) is 5.73 Å². The summed E-state index contributed by atoms with van der Waals surface area (Å²) < 4.78 is 13.6. The smallest absolute Gasteiger partial charge is 0.244 e. The molecule has 1 unspecified atom stereocenters. The fourth-order valence-corrected chi connectivity index (χ4v) is 2.30. The van der Waals surface area contributed by atoms with Gasteiger partial charge in [-0.2, -0.15) is 0 Å². The molecular formula is C15H14BrFN2O. The molecule has 0 aliphatic carbocycles. The number of nitrogens with two attached hydrogens (primary N) is 1. The largest absolute Gasteiger partial charge is 0.370 e. The lowest BCUT2D eigenvalue weighted by Crippen LogP contribution is -2.28. The van der Waals surface area contributed by atoms with Crippen molar-refractivity contribution in [3.05, 3.63) is 63.9 Å². The molecule has 0 aliphatic heterocycles. The fraction of sp³-hybridized carbons (Fsp3) is 0.133. The summed E-state index contributed by atoms with van der Waals surface area (Å²) in [6, 6.07) is 11.3. The maximum Gasteiger partial charge on any atom is 0.244 e. The molecule has 3 nitrogen and oxygen atoms in total. The van der Waals surface area contributed by atoms with Crippen LogP contribution in [0.1, 0.15) is 17.2 Å². The van der Waals surface area contributed by atoms with E-state index in [0.717, 1.165) is 11.3 Å². The number of aryl methyl sites for hydroxylation is 1. The zero-order chi connectivity index (χ0) is 14.7. The minimum absolute atomic E-state index is 0.299. The van der Waals surface area contributed by atoms with E-state index >= 15 is 0 Å². The van der Waals surface area contributed by atoms with Gasteiger partial charge in [-0.05, 0) is 52.2 Å². The summed E-state index contributed by atoms with van der Waals surface area (Å²) in [6.45, 7) is 1.93. The first kappa shape index (κ1) is 14.5. The molecule has 0 bridgehead atoms. The lowest BCUT2D eigenvalue weighted by atomic mass is 10.1. The standard InChI is InChI=1S/C15H14BrFN2O/c1-9-4-2-3-5-13(9)19-14(15(18)20)10-6-7-12(17)11(16)8-10/h2-8,14,19H,1H3,(H2,18,20). The molecule has 0 spiro atoms. The van der Waals surface area contributed by atoms with Gasteiger partial charge in [-0.15, -0.1) is 0 Å². The van der Waals surface area contributed by atoms with Crippen molar-refractivity contribution >= 4 is 27.5 Å². The van der Waals surface area contributed by atoms with Crippen LogP contribution >= 0.6 is 15.9 Å². The lowest BCUT2D eigenvalue weighted by Gasteiger charge is -2.19. The van der Waals surface area contributed by atoms with Gasteiger partial charge in [-0.25, -0.2) is 4.39 Å². The molecule has 1 atom stereocenters. The number of primary amides is 1. The molecule has 0 fully saturated rings. The monoisotopic (exact) mass is 336 g/mol. The van der Waals surface area contributed by atoms with Crippen molar-refractivity contribution in [3.63, 3.8) is 0 Å². The molecule has 2 aromatic rings. The summed E-state index contributed by atoms with van der Waals surface area (Å²) in [5.74, 6) is -0.903. The van der Waals surface area contributed by atoms with E-state index in [1.807, 2.05) is 31.2 Å². The van der Waals surface area contributed by atoms with Gasteiger partial charge in [0.1, 0.15) is 11.9 Å². The minimum Gasteiger partial charge on any atom is -0.370 e. The summed E-state index contributed by atoms with van der Waals surface area (Å²) in [6.07, 6.45) is 0. The Morgan fingerprint density at radius 2 is 2.00 bits per heavy atom. The van der Waals surface area contributed by atoms with E-state index < -0.39 is 11.9 Å². The maximum absolute atomic E-state index is 13.3. The zero-order valence-corrected chi connectivity index (χ0v) is 12.4. The zero-order valence-electron chi connectivity index (χ0n) is 10.9. The van der Waals surface area contributed by atoms with Gasteiger partial charge < -0.3 is 11.1 Å². The highest BCUT2D eigenvalue weighted by Crippen LogP contribution is 2.25. The molecule has 2 aromatic carbocycles. The number of rotatable bonds is 4. The van der Waals surface area contributed by atoms with Crippen LogP contribution in [0, 0.1) is 12.7 Å². The third-order valence-corrected chi connectivity index (χ3v) is 3.61. The molecule has 20 heavy (non-hydrogen) atoms. The molecular weight excluding hydrogens is 323 g/mol. The van der Waals surface area contributed by atoms with Crippen LogP contribution in [0.5, 0.6) is 0 Å². The number of nitrogens with one attached hydrogen (secondary N) is 1. The van der Waals surface area contributed by atoms with Crippen LogP contribution in [-0.2, 0) is 4.79 Å². The van der Waals surface area contributed by atoms with E-state index in [1.165, 1.54) is 6.07 Å². The van der Waals surface area contributed by atoms with Crippen molar-refractivity contribution in [2.24, 2.45) is 5.73 Å². The molecule has 104 valence electrons. The van der Waals surface area contributed by atoms with Crippen molar-refractivity contribution < 1.29 is 9.18 Å². The van der Waals surface area contributed by atoms with Crippen molar-refractivity contribution in [3.8, 4) is 0 Å². The van der Waals surface area contributed by atoms with Gasteiger partial charge in [-0.1, -0.05) is 24.3 Å². The average molecular weight is 337 g/mol. The van der Waals surface area contributed by atoms with Gasteiger partial charge in [0, 0.05) is 5.69 Å². The quantitative estimate of drug-likeness (QED) is 0.897. The summed E-state index contributed by atoms with van der Waals surface area (Å²) in [5, 5.41) is 3.09. The first-order chi connectivity index (χ1) is 9.49. The normalized spacial score (nSPS) is 11.9. The first-order valence-corrected chi connectivity index (χ1v) is 6.85. The number of hydrogen-bond acceptors (Lipinski definition) is 2. The van der Waals surface area contributed by atoms with E-state index in [-0.39, 0.29) is 5.82 Å². The second-order valence-electron chi connectivity index (χ2n) is 4.47. The second-order valence-corrected chi connectivity index (χ2v) is 5.32. The number of halogens is 2. The molecule has 5 heteroatoms. The Kier molecular flexibility index (Phi) is 4.39. The Morgan fingerprint density at radius 1 is 1.30 bits per heavy atom. The van der Waals surface area contributed by atoms with Crippen LogP contribution in [0.2, 0.25) is 0 Å². The molecule has 0 saturated heterocycles. The second kappa shape index (κ2) is 6.05. The van der Waals surface area contributed by atoms with Gasteiger partial charge in [0.25, 0.3) is 0 Å². The van der Waals surface area contributed by atoms with Crippen LogP contribution in [0.4, 0.5) is 10.1 Å². The highest BCUT2D eigenvalue weighted by atomic mass is 79.9. The SMILES string of the molecule is Cc1ccccc1NC(C(N)=O)c1ccc(F)c(Br)c1. The fourth-order valence-electron chi connectivity index (χ4n) is 1.90. The minimum atomic E-state index is -0.715. The van der Waals surface area contributed by atoms with Crippen LogP contribution in [0.15, 0.2) is 46.9 Å². The van der Waals surface area contributed by atoms with Crippen LogP contribution in [0.25, 0.3) is 0 Å². The van der Waals surface area contributed by atoms with E-state index in [9.17, 15) is 9.18 Å². The summed E-state index contributed by atoms with van der Waals surface area (Å²) in [5.41, 5.74) is 7.87. The van der Waals surface area contributed by atoms with Crippen LogP contribution < -0.4 is 11.1 Å². The summed E-state index contributed by atoms with van der Waals surface area (Å²) in [7, 11) is 0. The number of para-hydroxylation sites is 1. The molecule has 0 radical (unpaired) electrons. The van der Waals surface area contributed by atoms with Gasteiger partial charge in [0.15, 0.2) is 0 Å². The number of carbonyl (C=O) groups is 1. The summed E-state index contributed by atoms with van der Waals surface area (Å²) >= 11 is 3.11. The molecule has 2 rings (SSSR count).